The topological polar surface area (TPSA) is 162 Å². The lowest BCUT2D eigenvalue weighted by Crippen LogP contribution is -2.53. The summed E-state index contributed by atoms with van der Waals surface area (Å²) in [5, 5.41) is 34.1. The van der Waals surface area contributed by atoms with Gasteiger partial charge in [0.25, 0.3) is 0 Å². The molecule has 0 fully saturated rings. The number of phenolic OH excluding ortho intramolecular Hbond substituents is 1. The molecule has 0 radical (unpaired) electrons. The zero-order valence-corrected chi connectivity index (χ0v) is 19.2. The molecule has 0 saturated heterocycles. The summed E-state index contributed by atoms with van der Waals surface area (Å²) in [6, 6.07) is -1.82. The number of hydrogen-bond acceptors (Lipinski definition) is 7. The number of amides is 2. The Morgan fingerprint density at radius 2 is 2.00 bits per heavy atom. The maximum absolute atomic E-state index is 12.8. The number of aryl methyl sites for hydroxylation is 1. The molecular weight excluding hydrogens is 456 g/mol. The van der Waals surface area contributed by atoms with Crippen LogP contribution in [0.15, 0.2) is 17.3 Å². The van der Waals surface area contributed by atoms with Crippen LogP contribution in [0, 0.1) is 6.92 Å². The van der Waals surface area contributed by atoms with Crippen molar-refractivity contribution in [3.05, 3.63) is 28.4 Å². The van der Waals surface area contributed by atoms with Gasteiger partial charge in [0.2, 0.25) is 17.7 Å². The van der Waals surface area contributed by atoms with Gasteiger partial charge in [0.15, 0.2) is 6.04 Å². The third-order valence-electron chi connectivity index (χ3n) is 5.49. The van der Waals surface area contributed by atoms with Crippen LogP contribution >= 0.6 is 11.6 Å². The summed E-state index contributed by atoms with van der Waals surface area (Å²) in [5.74, 6) is -2.62. The fourth-order valence-corrected chi connectivity index (χ4v) is 3.70. The molecule has 5 N–H and O–H groups in total. The summed E-state index contributed by atoms with van der Waals surface area (Å²) >= 11 is 6.19. The number of rotatable bonds is 7. The van der Waals surface area contributed by atoms with Crippen molar-refractivity contribution in [3.63, 3.8) is 0 Å². The van der Waals surface area contributed by atoms with E-state index in [1.807, 2.05) is 0 Å². The van der Waals surface area contributed by atoms with E-state index in [-0.39, 0.29) is 11.6 Å². The second-order valence-corrected chi connectivity index (χ2v) is 8.30. The zero-order valence-electron chi connectivity index (χ0n) is 18.4. The van der Waals surface area contributed by atoms with Crippen molar-refractivity contribution in [1.29, 1.82) is 0 Å². The molecular formula is C21H25ClN4O7. The van der Waals surface area contributed by atoms with E-state index in [2.05, 4.69) is 15.6 Å². The van der Waals surface area contributed by atoms with Gasteiger partial charge in [-0.25, -0.2) is 9.79 Å². The van der Waals surface area contributed by atoms with Crippen LogP contribution in [0.3, 0.4) is 0 Å². The summed E-state index contributed by atoms with van der Waals surface area (Å²) in [5.41, 5.74) is 1.65. The lowest BCUT2D eigenvalue weighted by atomic mass is 10.1. The number of carboxylic acids is 1. The summed E-state index contributed by atoms with van der Waals surface area (Å²) in [6.07, 6.45) is 1.05. The molecule has 4 atom stereocenters. The molecule has 0 aliphatic carbocycles. The minimum atomic E-state index is -1.48. The highest BCUT2D eigenvalue weighted by Crippen LogP contribution is 2.38. The smallest absolute Gasteiger partial charge is 0.328 e. The van der Waals surface area contributed by atoms with E-state index in [0.29, 0.717) is 27.1 Å². The number of aromatic hydroxyl groups is 1. The van der Waals surface area contributed by atoms with E-state index < -0.39 is 48.6 Å². The Bertz CT molecular complexity index is 1160. The molecule has 178 valence electrons. The maximum atomic E-state index is 12.8. The Kier molecular flexibility index (Phi) is 6.84. The number of hydrogen-bond donors (Lipinski definition) is 5. The number of carboxylic acid groups (broad SMARTS) is 1. The number of carbonyl (C=O) groups excluding carboxylic acids is 2. The number of aliphatic imine (C=N–C) groups is 1. The average Bonchev–Trinajstić information content (AvgIpc) is 3.29. The van der Waals surface area contributed by atoms with Gasteiger partial charge in [0, 0.05) is 23.8 Å². The minimum absolute atomic E-state index is 0.0119. The van der Waals surface area contributed by atoms with Gasteiger partial charge in [-0.3, -0.25) is 9.59 Å². The second kappa shape index (κ2) is 9.28. The van der Waals surface area contributed by atoms with Crippen molar-refractivity contribution in [2.75, 3.05) is 6.61 Å². The molecule has 1 aromatic carbocycles. The highest BCUT2D eigenvalue weighted by molar-refractivity contribution is 6.32. The number of fused-ring (bicyclic) bond motifs is 1. The molecule has 0 saturated carbocycles. The van der Waals surface area contributed by atoms with E-state index >= 15 is 0 Å². The fourth-order valence-electron chi connectivity index (χ4n) is 3.51. The van der Waals surface area contributed by atoms with Crippen molar-refractivity contribution < 1.29 is 34.4 Å². The number of nitrogens with zero attached hydrogens (tertiary/aromatic N) is 2. The van der Waals surface area contributed by atoms with Crippen LogP contribution in [-0.4, -0.2) is 74.4 Å². The van der Waals surface area contributed by atoms with Gasteiger partial charge in [-0.1, -0.05) is 11.6 Å². The van der Waals surface area contributed by atoms with Gasteiger partial charge in [-0.2, -0.15) is 0 Å². The molecule has 2 aromatic rings. The molecule has 3 rings (SSSR count). The summed E-state index contributed by atoms with van der Waals surface area (Å²) in [4.78, 5) is 40.3. The first-order chi connectivity index (χ1) is 15.5. The second-order valence-electron chi connectivity index (χ2n) is 7.89. The number of aromatic nitrogens is 1. The first-order valence-electron chi connectivity index (χ1n) is 10.1. The van der Waals surface area contributed by atoms with Gasteiger partial charge >= 0.3 is 5.97 Å². The number of benzene rings is 1. The molecule has 11 nitrogen and oxygen atoms in total. The van der Waals surface area contributed by atoms with E-state index in [9.17, 15) is 19.5 Å². The number of phenols is 1. The lowest BCUT2D eigenvalue weighted by molar-refractivity contribution is -0.143. The van der Waals surface area contributed by atoms with E-state index in [0.717, 1.165) is 0 Å². The van der Waals surface area contributed by atoms with Gasteiger partial charge in [-0.05, 0) is 26.8 Å². The van der Waals surface area contributed by atoms with Crippen molar-refractivity contribution in [3.8, 4) is 5.75 Å². The van der Waals surface area contributed by atoms with Crippen LogP contribution in [0.2, 0.25) is 5.02 Å². The quantitative estimate of drug-likeness (QED) is 0.384. The fraction of sp³-hybridized carbons (Fsp3) is 0.429. The number of halogens is 1. The predicted octanol–water partition coefficient (Wildman–Crippen LogP) is 0.446. The molecule has 1 unspecified atom stereocenters. The zero-order chi connectivity index (χ0) is 24.6. The number of aliphatic hydroxyl groups excluding tert-OH is 1. The molecule has 1 aromatic heterocycles. The van der Waals surface area contributed by atoms with E-state index in [1.165, 1.54) is 6.92 Å². The lowest BCUT2D eigenvalue weighted by Gasteiger charge is -2.19. The van der Waals surface area contributed by atoms with Crippen LogP contribution in [0.25, 0.3) is 10.9 Å². The highest BCUT2D eigenvalue weighted by Gasteiger charge is 2.36. The minimum Gasteiger partial charge on any atom is -0.507 e. The Morgan fingerprint density at radius 1 is 1.33 bits per heavy atom. The Balaban J connectivity index is 1.82. The van der Waals surface area contributed by atoms with Crippen molar-refractivity contribution >= 4 is 46.2 Å². The highest BCUT2D eigenvalue weighted by atomic mass is 35.5. The number of aliphatic hydroxyl groups is 1. The van der Waals surface area contributed by atoms with Crippen LogP contribution in [0.4, 0.5) is 0 Å². The normalized spacial score (nSPS) is 19.5. The van der Waals surface area contributed by atoms with Crippen LogP contribution in [0.1, 0.15) is 25.0 Å². The van der Waals surface area contributed by atoms with Gasteiger partial charge in [-0.15, -0.1) is 0 Å². The molecule has 12 heteroatoms. The van der Waals surface area contributed by atoms with Crippen LogP contribution in [-0.2, 0) is 26.2 Å². The monoisotopic (exact) mass is 480 g/mol. The average molecular weight is 481 g/mol. The number of carbonyl (C=O) groups is 3. The third kappa shape index (κ3) is 4.60. The maximum Gasteiger partial charge on any atom is 0.328 e. The number of nitrogens with one attached hydrogen (secondary N) is 2. The summed E-state index contributed by atoms with van der Waals surface area (Å²) in [7, 11) is 1.77. The SMILES string of the molecule is Cc1c(Cl)cc2c(c(C3=N[C@@H](C(=O)N[C@H](C)C(=O)N[C@@H](CO)C(=O)O)C(C)O3)cn2C)c1O. The molecule has 2 heterocycles. The van der Waals surface area contributed by atoms with Crippen LogP contribution < -0.4 is 10.6 Å². The van der Waals surface area contributed by atoms with E-state index in [1.54, 1.807) is 37.7 Å². The molecule has 33 heavy (non-hydrogen) atoms. The van der Waals surface area contributed by atoms with Gasteiger partial charge < -0.3 is 35.3 Å². The number of aliphatic carboxylic acids is 1. The van der Waals surface area contributed by atoms with Crippen LogP contribution in [0.5, 0.6) is 5.75 Å². The van der Waals surface area contributed by atoms with Gasteiger partial charge in [0.1, 0.15) is 23.9 Å². The van der Waals surface area contributed by atoms with Gasteiger partial charge in [0.05, 0.1) is 23.1 Å². The Morgan fingerprint density at radius 3 is 2.61 bits per heavy atom. The van der Waals surface area contributed by atoms with E-state index in [4.69, 9.17) is 26.6 Å². The largest absolute Gasteiger partial charge is 0.507 e. The Labute approximate surface area is 194 Å². The molecule has 1 aliphatic rings. The molecule has 2 amide bonds. The third-order valence-corrected chi connectivity index (χ3v) is 5.88. The first kappa shape index (κ1) is 24.3. The van der Waals surface area contributed by atoms with Crippen molar-refractivity contribution in [2.45, 2.75) is 45.0 Å². The molecule has 0 spiro atoms. The summed E-state index contributed by atoms with van der Waals surface area (Å²) < 4.78 is 7.56. The van der Waals surface area contributed by atoms with Crippen molar-refractivity contribution in [2.24, 2.45) is 12.0 Å². The first-order valence-corrected chi connectivity index (χ1v) is 10.5. The standard InChI is InChI=1S/C21H25ClN4O7/c1-8-12(22)5-14-15(17(8)28)11(6-26(14)4)20-25-16(10(3)33-20)19(30)23-9(2)18(29)24-13(7-27)21(31)32/h5-6,9-10,13,16,27-28H,7H2,1-4H3,(H,23,30)(H,24,29)(H,31,32)/t9-,10?,13+,16-/m1/s1. The molecule has 1 aliphatic heterocycles. The number of ether oxygens (including phenoxy) is 1. The predicted molar refractivity (Wildman–Crippen MR) is 119 cm³/mol. The summed E-state index contributed by atoms with van der Waals surface area (Å²) in [6.45, 7) is 3.92. The Hall–Kier alpha value is -3.31. The van der Waals surface area contributed by atoms with Crippen molar-refractivity contribution in [1.82, 2.24) is 15.2 Å². The molecule has 0 bridgehead atoms.